The Labute approximate surface area is 181 Å². The van der Waals surface area contributed by atoms with Crippen molar-refractivity contribution in [1.29, 1.82) is 0 Å². The van der Waals surface area contributed by atoms with E-state index in [1.807, 2.05) is 13.0 Å². The molecule has 6 nitrogen and oxygen atoms in total. The zero-order valence-corrected chi connectivity index (χ0v) is 17.6. The highest BCUT2D eigenvalue weighted by Gasteiger charge is 2.36. The number of phenolic OH excluding ortho intramolecular Hbond substituents is 2. The van der Waals surface area contributed by atoms with Gasteiger partial charge >= 0.3 is 0 Å². The molecule has 4 rings (SSSR count). The van der Waals surface area contributed by atoms with Crippen LogP contribution in [-0.4, -0.2) is 32.8 Å². The third kappa shape index (κ3) is 4.03. The van der Waals surface area contributed by atoms with Gasteiger partial charge in [-0.3, -0.25) is 4.79 Å². The van der Waals surface area contributed by atoms with E-state index >= 15 is 0 Å². The number of aliphatic hydroxyl groups is 1. The Morgan fingerprint density at radius 2 is 1.97 bits per heavy atom. The van der Waals surface area contributed by atoms with Gasteiger partial charge in [-0.1, -0.05) is 24.3 Å². The minimum atomic E-state index is -0.681. The molecule has 3 atom stereocenters. The van der Waals surface area contributed by atoms with Gasteiger partial charge in [0.25, 0.3) is 0 Å². The largest absolute Gasteiger partial charge is 0.508 e. The predicted molar refractivity (Wildman–Crippen MR) is 117 cm³/mol. The highest BCUT2D eigenvalue weighted by atomic mass is 16.5. The van der Waals surface area contributed by atoms with Crippen molar-refractivity contribution in [3.63, 3.8) is 0 Å². The summed E-state index contributed by atoms with van der Waals surface area (Å²) in [5, 5.41) is 30.4. The molecule has 2 aliphatic heterocycles. The van der Waals surface area contributed by atoms with Gasteiger partial charge < -0.3 is 24.8 Å². The van der Waals surface area contributed by atoms with E-state index in [2.05, 4.69) is 6.58 Å². The first-order chi connectivity index (χ1) is 14.7. The van der Waals surface area contributed by atoms with Gasteiger partial charge in [-0.2, -0.15) is 0 Å². The normalized spacial score (nSPS) is 22.7. The number of rotatable bonds is 5. The molecule has 2 unspecified atom stereocenters. The lowest BCUT2D eigenvalue weighted by molar-refractivity contribution is 0.0835. The van der Waals surface area contributed by atoms with Crippen LogP contribution in [0.25, 0.3) is 6.08 Å². The smallest absolute Gasteiger partial charge is 0.174 e. The average molecular weight is 422 g/mol. The monoisotopic (exact) mass is 422 g/mol. The molecule has 0 saturated heterocycles. The molecule has 0 spiro atoms. The summed E-state index contributed by atoms with van der Waals surface area (Å²) in [5.74, 6) is 0.456. The number of aromatic hydroxyl groups is 2. The molecule has 2 aliphatic rings. The van der Waals surface area contributed by atoms with Crippen LogP contribution in [0.4, 0.5) is 0 Å². The van der Waals surface area contributed by atoms with E-state index in [-0.39, 0.29) is 35.0 Å². The molecule has 0 amide bonds. The standard InChI is InChI=1S/C25H26O6/c1-14(2)18(27)9-11-25(3)10-8-17-21(31-25)13-22-23(24(17)29)19(28)12-20(30-22)15-4-6-16(26)7-5-15/h4-8,10,13,18,20,26-27,29H,1,9,11-12H2,2-3H3/t18?,20-,25?/m0/s1. The first-order valence-electron chi connectivity index (χ1n) is 10.3. The number of hydrogen-bond acceptors (Lipinski definition) is 6. The number of ketones is 1. The number of fused-ring (bicyclic) bond motifs is 2. The van der Waals surface area contributed by atoms with Crippen molar-refractivity contribution < 1.29 is 29.6 Å². The highest BCUT2D eigenvalue weighted by molar-refractivity contribution is 6.04. The predicted octanol–water partition coefficient (Wildman–Crippen LogP) is 4.69. The van der Waals surface area contributed by atoms with Gasteiger partial charge in [0, 0.05) is 6.07 Å². The Kier molecular flexibility index (Phi) is 5.27. The second kappa shape index (κ2) is 7.78. The lowest BCUT2D eigenvalue weighted by Crippen LogP contribution is -2.33. The fourth-order valence-corrected chi connectivity index (χ4v) is 3.93. The van der Waals surface area contributed by atoms with E-state index in [9.17, 15) is 20.1 Å². The second-order valence-electron chi connectivity index (χ2n) is 8.48. The lowest BCUT2D eigenvalue weighted by Gasteiger charge is -2.34. The van der Waals surface area contributed by atoms with Gasteiger partial charge in [0.2, 0.25) is 0 Å². The van der Waals surface area contributed by atoms with Crippen molar-refractivity contribution in [3.05, 3.63) is 65.3 Å². The maximum absolute atomic E-state index is 12.8. The Morgan fingerprint density at radius 1 is 1.26 bits per heavy atom. The maximum Gasteiger partial charge on any atom is 0.174 e. The van der Waals surface area contributed by atoms with Crippen LogP contribution in [0, 0.1) is 0 Å². The molecule has 0 aromatic heterocycles. The van der Waals surface area contributed by atoms with Crippen LogP contribution in [0.3, 0.4) is 0 Å². The number of Topliss-reactive ketones (excluding diaryl/α,β-unsaturated/α-hetero) is 1. The fraction of sp³-hybridized carbons (Fsp3) is 0.320. The van der Waals surface area contributed by atoms with E-state index in [1.54, 1.807) is 43.3 Å². The summed E-state index contributed by atoms with van der Waals surface area (Å²) in [6.07, 6.45) is 3.57. The third-order valence-corrected chi connectivity index (χ3v) is 5.88. The number of carbonyl (C=O) groups excluding carboxylic acids is 1. The van der Waals surface area contributed by atoms with Crippen molar-refractivity contribution in [2.45, 2.75) is 50.9 Å². The van der Waals surface area contributed by atoms with Gasteiger partial charge in [-0.15, -0.1) is 0 Å². The molecule has 162 valence electrons. The minimum Gasteiger partial charge on any atom is -0.508 e. The molecule has 6 heteroatoms. The summed E-state index contributed by atoms with van der Waals surface area (Å²) in [5.41, 5.74) is 1.37. The van der Waals surface area contributed by atoms with Gasteiger partial charge in [0.1, 0.15) is 40.3 Å². The van der Waals surface area contributed by atoms with Crippen LogP contribution < -0.4 is 9.47 Å². The molecule has 0 bridgehead atoms. The molecular weight excluding hydrogens is 396 g/mol. The van der Waals surface area contributed by atoms with Crippen LogP contribution in [0.2, 0.25) is 0 Å². The van der Waals surface area contributed by atoms with Crippen LogP contribution >= 0.6 is 0 Å². The van der Waals surface area contributed by atoms with Crippen LogP contribution in [0.15, 0.2) is 48.6 Å². The van der Waals surface area contributed by atoms with Crippen LogP contribution in [0.5, 0.6) is 23.0 Å². The number of carbonyl (C=O) groups is 1. The molecule has 2 aromatic carbocycles. The number of aliphatic hydroxyl groups excluding tert-OH is 1. The number of hydrogen-bond donors (Lipinski definition) is 3. The van der Waals surface area contributed by atoms with Crippen molar-refractivity contribution >= 4 is 11.9 Å². The summed E-state index contributed by atoms with van der Waals surface area (Å²) in [6.45, 7) is 7.46. The maximum atomic E-state index is 12.8. The van der Waals surface area contributed by atoms with E-state index < -0.39 is 17.8 Å². The molecule has 2 heterocycles. The quantitative estimate of drug-likeness (QED) is 0.605. The number of benzene rings is 2. The van der Waals surface area contributed by atoms with Crippen molar-refractivity contribution in [2.24, 2.45) is 0 Å². The summed E-state index contributed by atoms with van der Waals surface area (Å²) < 4.78 is 12.2. The van der Waals surface area contributed by atoms with E-state index in [1.165, 1.54) is 0 Å². The molecule has 31 heavy (non-hydrogen) atoms. The van der Waals surface area contributed by atoms with Gasteiger partial charge in [-0.25, -0.2) is 0 Å². The SMILES string of the molecule is C=C(C)C(O)CCC1(C)C=Cc2c(cc3c(c2O)C(=O)C[C@@H](c2ccc(O)cc2)O3)O1. The topological polar surface area (TPSA) is 96.2 Å². The Bertz CT molecular complexity index is 1070. The van der Waals surface area contributed by atoms with Crippen molar-refractivity contribution in [3.8, 4) is 23.0 Å². The Hall–Kier alpha value is -3.25. The first kappa shape index (κ1) is 21.0. The molecule has 0 aliphatic carbocycles. The molecule has 0 fully saturated rings. The van der Waals surface area contributed by atoms with Crippen molar-refractivity contribution in [1.82, 2.24) is 0 Å². The fourth-order valence-electron chi connectivity index (χ4n) is 3.93. The highest BCUT2D eigenvalue weighted by Crippen LogP contribution is 2.48. The summed E-state index contributed by atoms with van der Waals surface area (Å²) in [7, 11) is 0. The molecule has 3 N–H and O–H groups in total. The second-order valence-corrected chi connectivity index (χ2v) is 8.48. The summed E-state index contributed by atoms with van der Waals surface area (Å²) in [4.78, 5) is 12.8. The van der Waals surface area contributed by atoms with E-state index in [4.69, 9.17) is 9.47 Å². The van der Waals surface area contributed by atoms with Crippen molar-refractivity contribution in [2.75, 3.05) is 0 Å². The van der Waals surface area contributed by atoms with E-state index in [0.29, 0.717) is 29.7 Å². The lowest BCUT2D eigenvalue weighted by atomic mass is 9.89. The van der Waals surface area contributed by atoms with Gasteiger partial charge in [0.05, 0.1) is 18.1 Å². The molecule has 0 radical (unpaired) electrons. The molecular formula is C25H26O6. The Morgan fingerprint density at radius 3 is 2.65 bits per heavy atom. The summed E-state index contributed by atoms with van der Waals surface area (Å²) >= 11 is 0. The van der Waals surface area contributed by atoms with Crippen LogP contribution in [-0.2, 0) is 0 Å². The number of phenols is 2. The van der Waals surface area contributed by atoms with E-state index in [0.717, 1.165) is 5.56 Å². The van der Waals surface area contributed by atoms with Gasteiger partial charge in [-0.05, 0) is 56.5 Å². The zero-order valence-electron chi connectivity index (χ0n) is 17.6. The Balaban J connectivity index is 1.63. The average Bonchev–Trinajstić information content (AvgIpc) is 2.72. The molecule has 2 aromatic rings. The third-order valence-electron chi connectivity index (χ3n) is 5.88. The first-order valence-corrected chi connectivity index (χ1v) is 10.3. The van der Waals surface area contributed by atoms with Gasteiger partial charge in [0.15, 0.2) is 5.78 Å². The number of ether oxygens (including phenoxy) is 2. The molecule has 0 saturated carbocycles. The minimum absolute atomic E-state index is 0.0885. The zero-order chi connectivity index (χ0) is 22.3. The van der Waals surface area contributed by atoms with Crippen LogP contribution in [0.1, 0.15) is 60.7 Å². The summed E-state index contributed by atoms with van der Waals surface area (Å²) in [6, 6.07) is 8.15.